The van der Waals surface area contributed by atoms with Gasteiger partial charge in [0.2, 0.25) is 17.6 Å². The molecule has 0 spiro atoms. The van der Waals surface area contributed by atoms with Gasteiger partial charge < -0.3 is 9.42 Å². The Morgan fingerprint density at radius 3 is 2.36 bits per heavy atom. The van der Waals surface area contributed by atoms with Gasteiger partial charge in [-0.1, -0.05) is 5.16 Å². The fraction of sp³-hybridized carbons (Fsp3) is 0.211. The number of alkyl halides is 3. The quantitative estimate of drug-likeness (QED) is 0.621. The highest BCUT2D eigenvalue weighted by Crippen LogP contribution is 2.34. The Balaban J connectivity index is 1.51. The molecule has 1 amide bonds. The van der Waals surface area contributed by atoms with Crippen LogP contribution in [0.3, 0.4) is 0 Å². The lowest BCUT2D eigenvalue weighted by atomic mass is 10.1. The second-order valence-corrected chi connectivity index (χ2v) is 6.41. The van der Waals surface area contributed by atoms with E-state index in [1.165, 1.54) is 41.3 Å². The third kappa shape index (κ3) is 3.47. The number of aromatic nitrogens is 2. The summed E-state index contributed by atoms with van der Waals surface area (Å²) in [6.07, 6.45) is -4.33. The molecule has 144 valence electrons. The summed E-state index contributed by atoms with van der Waals surface area (Å²) < 4.78 is 56.3. The summed E-state index contributed by atoms with van der Waals surface area (Å²) in [5, 5.41) is 3.86. The van der Waals surface area contributed by atoms with Crippen molar-refractivity contribution in [3.8, 4) is 11.4 Å². The molecule has 0 N–H and O–H groups in total. The lowest BCUT2D eigenvalue weighted by molar-refractivity contribution is -0.137. The van der Waals surface area contributed by atoms with Crippen molar-refractivity contribution in [3.63, 3.8) is 0 Å². The summed E-state index contributed by atoms with van der Waals surface area (Å²) in [6.45, 7) is 0.218. The molecular formula is C19H13F4N3O2. The van der Waals surface area contributed by atoms with Crippen molar-refractivity contribution in [2.24, 2.45) is 0 Å². The number of benzene rings is 2. The number of carbonyl (C=O) groups is 1. The van der Waals surface area contributed by atoms with Crippen LogP contribution < -0.4 is 4.90 Å². The van der Waals surface area contributed by atoms with Gasteiger partial charge in [-0.05, 0) is 48.5 Å². The zero-order valence-corrected chi connectivity index (χ0v) is 14.3. The van der Waals surface area contributed by atoms with Crippen LogP contribution in [0.4, 0.5) is 23.2 Å². The van der Waals surface area contributed by atoms with Crippen LogP contribution in [-0.4, -0.2) is 22.6 Å². The smallest absolute Gasteiger partial charge is 0.339 e. The van der Waals surface area contributed by atoms with Gasteiger partial charge >= 0.3 is 6.18 Å². The van der Waals surface area contributed by atoms with Gasteiger partial charge in [0.25, 0.3) is 0 Å². The Morgan fingerprint density at radius 1 is 1.04 bits per heavy atom. The fourth-order valence-corrected chi connectivity index (χ4v) is 3.07. The fourth-order valence-electron chi connectivity index (χ4n) is 3.07. The van der Waals surface area contributed by atoms with E-state index < -0.39 is 11.7 Å². The van der Waals surface area contributed by atoms with Crippen LogP contribution >= 0.6 is 0 Å². The van der Waals surface area contributed by atoms with Gasteiger partial charge in [-0.3, -0.25) is 4.79 Å². The summed E-state index contributed by atoms with van der Waals surface area (Å²) in [7, 11) is 0. The van der Waals surface area contributed by atoms with E-state index in [0.29, 0.717) is 11.3 Å². The molecule has 0 aliphatic carbocycles. The Hall–Kier alpha value is -3.23. The molecule has 0 bridgehead atoms. The predicted octanol–water partition coefficient (Wildman–Crippen LogP) is 4.42. The Labute approximate surface area is 156 Å². The number of anilines is 1. The summed E-state index contributed by atoms with van der Waals surface area (Å²) in [6, 6.07) is 9.98. The summed E-state index contributed by atoms with van der Waals surface area (Å²) in [4.78, 5) is 18.0. The minimum atomic E-state index is -4.43. The molecule has 1 aliphatic rings. The first-order valence-corrected chi connectivity index (χ1v) is 8.38. The Bertz CT molecular complexity index is 997. The normalized spacial score (nSPS) is 17.4. The van der Waals surface area contributed by atoms with Crippen molar-refractivity contribution in [3.05, 3.63) is 65.8 Å². The molecule has 1 atom stereocenters. The van der Waals surface area contributed by atoms with E-state index in [0.717, 1.165) is 12.1 Å². The van der Waals surface area contributed by atoms with E-state index in [2.05, 4.69) is 10.1 Å². The first kappa shape index (κ1) is 18.1. The van der Waals surface area contributed by atoms with Crippen LogP contribution in [0.1, 0.15) is 23.8 Å². The highest BCUT2D eigenvalue weighted by atomic mass is 19.4. The first-order chi connectivity index (χ1) is 13.3. The molecule has 3 aromatic rings. The largest absolute Gasteiger partial charge is 0.416 e. The van der Waals surface area contributed by atoms with Gasteiger partial charge in [-0.25, -0.2) is 4.39 Å². The zero-order chi connectivity index (χ0) is 19.9. The number of nitrogens with zero attached hydrogens (tertiary/aromatic N) is 3. The topological polar surface area (TPSA) is 59.2 Å². The zero-order valence-electron chi connectivity index (χ0n) is 14.3. The lowest BCUT2D eigenvalue weighted by Crippen LogP contribution is -2.24. The van der Waals surface area contributed by atoms with Crippen molar-refractivity contribution in [2.45, 2.75) is 18.5 Å². The molecule has 1 aliphatic heterocycles. The van der Waals surface area contributed by atoms with Crippen LogP contribution in [0.5, 0.6) is 0 Å². The maximum absolute atomic E-state index is 13.0. The molecule has 1 aromatic heterocycles. The third-order valence-corrected chi connectivity index (χ3v) is 4.52. The average molecular weight is 391 g/mol. The molecule has 2 aromatic carbocycles. The standard InChI is InChI=1S/C19H13F4N3O2/c20-14-5-1-11(2-6-14)17-24-18(28-25-17)12-9-16(27)26(10-12)15-7-3-13(4-8-15)19(21,22)23/h1-8,12H,9-10H2. The number of rotatable bonds is 3. The number of hydrogen-bond donors (Lipinski definition) is 0. The van der Waals surface area contributed by atoms with Crippen LogP contribution in [0.15, 0.2) is 53.1 Å². The van der Waals surface area contributed by atoms with Crippen molar-refractivity contribution >= 4 is 11.6 Å². The van der Waals surface area contributed by atoms with E-state index in [9.17, 15) is 22.4 Å². The van der Waals surface area contributed by atoms with Crippen molar-refractivity contribution in [1.29, 1.82) is 0 Å². The molecular weight excluding hydrogens is 378 g/mol. The number of halogens is 4. The molecule has 0 saturated carbocycles. The lowest BCUT2D eigenvalue weighted by Gasteiger charge is -2.17. The van der Waals surface area contributed by atoms with Crippen LogP contribution in [0.25, 0.3) is 11.4 Å². The SMILES string of the molecule is O=C1CC(c2nc(-c3ccc(F)cc3)no2)CN1c1ccc(C(F)(F)F)cc1. The van der Waals surface area contributed by atoms with E-state index in [1.807, 2.05) is 0 Å². The molecule has 28 heavy (non-hydrogen) atoms. The second-order valence-electron chi connectivity index (χ2n) is 6.41. The Morgan fingerprint density at radius 2 is 1.71 bits per heavy atom. The van der Waals surface area contributed by atoms with E-state index in [1.54, 1.807) is 0 Å². The second kappa shape index (κ2) is 6.74. The van der Waals surface area contributed by atoms with E-state index in [-0.39, 0.29) is 42.3 Å². The van der Waals surface area contributed by atoms with E-state index in [4.69, 9.17) is 4.52 Å². The van der Waals surface area contributed by atoms with Crippen LogP contribution in [0, 0.1) is 5.82 Å². The number of amides is 1. The van der Waals surface area contributed by atoms with Gasteiger partial charge in [-0.2, -0.15) is 18.2 Å². The monoisotopic (exact) mass is 391 g/mol. The number of hydrogen-bond acceptors (Lipinski definition) is 4. The molecule has 2 heterocycles. The highest BCUT2D eigenvalue weighted by Gasteiger charge is 2.36. The third-order valence-electron chi connectivity index (χ3n) is 4.52. The van der Waals surface area contributed by atoms with Gasteiger partial charge in [0.1, 0.15) is 5.82 Å². The summed E-state index contributed by atoms with van der Waals surface area (Å²) in [5.41, 5.74) is 0.166. The molecule has 1 saturated heterocycles. The molecule has 1 fully saturated rings. The Kier molecular flexibility index (Phi) is 4.37. The number of carbonyl (C=O) groups excluding carboxylic acids is 1. The van der Waals surface area contributed by atoms with Crippen LogP contribution in [-0.2, 0) is 11.0 Å². The maximum Gasteiger partial charge on any atom is 0.416 e. The van der Waals surface area contributed by atoms with Gasteiger partial charge in [0.05, 0.1) is 11.5 Å². The van der Waals surface area contributed by atoms with Crippen molar-refractivity contribution in [1.82, 2.24) is 10.1 Å². The highest BCUT2D eigenvalue weighted by molar-refractivity contribution is 5.96. The van der Waals surface area contributed by atoms with Gasteiger partial charge in [0, 0.05) is 24.2 Å². The van der Waals surface area contributed by atoms with Crippen molar-refractivity contribution < 1.29 is 26.9 Å². The molecule has 5 nitrogen and oxygen atoms in total. The van der Waals surface area contributed by atoms with Gasteiger partial charge in [-0.15, -0.1) is 0 Å². The summed E-state index contributed by atoms with van der Waals surface area (Å²) in [5.74, 6) is -0.485. The molecule has 1 unspecified atom stereocenters. The maximum atomic E-state index is 13.0. The van der Waals surface area contributed by atoms with E-state index >= 15 is 0 Å². The minimum Gasteiger partial charge on any atom is -0.339 e. The van der Waals surface area contributed by atoms with Crippen molar-refractivity contribution in [2.75, 3.05) is 11.4 Å². The average Bonchev–Trinajstić information content (AvgIpc) is 3.29. The van der Waals surface area contributed by atoms with Gasteiger partial charge in [0.15, 0.2) is 0 Å². The minimum absolute atomic E-state index is 0.103. The summed E-state index contributed by atoms with van der Waals surface area (Å²) >= 11 is 0. The molecule has 9 heteroatoms. The molecule has 4 rings (SSSR count). The predicted molar refractivity (Wildman–Crippen MR) is 90.8 cm³/mol. The van der Waals surface area contributed by atoms with Crippen LogP contribution in [0.2, 0.25) is 0 Å². The molecule has 0 radical (unpaired) electrons. The first-order valence-electron chi connectivity index (χ1n) is 8.38.